The molecule has 2 aromatic heterocycles. The van der Waals surface area contributed by atoms with E-state index in [1.807, 2.05) is 33.9 Å². The molecule has 6 heteroatoms. The van der Waals surface area contributed by atoms with Crippen LogP contribution in [0.1, 0.15) is 41.6 Å². The van der Waals surface area contributed by atoms with E-state index in [1.165, 1.54) is 7.11 Å². The first kappa shape index (κ1) is 16.4. The summed E-state index contributed by atoms with van der Waals surface area (Å²) in [5.41, 5.74) is 0.570. The molecule has 0 radical (unpaired) electrons. The summed E-state index contributed by atoms with van der Waals surface area (Å²) in [6, 6.07) is 7.57. The summed E-state index contributed by atoms with van der Waals surface area (Å²) in [7, 11) is 1.39. The highest BCUT2D eigenvalue weighted by Gasteiger charge is 2.26. The van der Waals surface area contributed by atoms with Crippen LogP contribution < -0.4 is 0 Å². The van der Waals surface area contributed by atoms with Gasteiger partial charge in [-0.2, -0.15) is 0 Å². The van der Waals surface area contributed by atoms with E-state index in [-0.39, 0.29) is 17.9 Å². The van der Waals surface area contributed by atoms with Gasteiger partial charge in [0.25, 0.3) is 0 Å². The predicted molar refractivity (Wildman–Crippen MR) is 87.7 cm³/mol. The molecule has 6 nitrogen and oxygen atoms in total. The number of ether oxygens (including phenoxy) is 1. The average Bonchev–Trinajstić information content (AvgIpc) is 3.30. The molecular formula is C18H22N2O4. The second-order valence-corrected chi connectivity index (χ2v) is 5.98. The number of furan rings is 1. The number of nitrogens with zero attached hydrogens (tertiary/aromatic N) is 2. The number of methoxy groups -OCH3 is 1. The average molecular weight is 330 g/mol. The standard InChI is InChI=1S/C18H22N2O4/c1-23-18(22)16-5-2-10-20(16)14-8-11-19(12-9-14)17(21)7-6-15-4-3-13-24-15/h2-5,10,13-14H,6-9,11-12H2,1H3. The van der Waals surface area contributed by atoms with E-state index in [0.717, 1.165) is 18.6 Å². The van der Waals surface area contributed by atoms with E-state index in [1.54, 1.807) is 12.3 Å². The highest BCUT2D eigenvalue weighted by Crippen LogP contribution is 2.25. The zero-order valence-electron chi connectivity index (χ0n) is 13.8. The minimum atomic E-state index is -0.322. The van der Waals surface area contributed by atoms with Crippen LogP contribution in [-0.2, 0) is 16.0 Å². The van der Waals surface area contributed by atoms with Gasteiger partial charge in [-0.15, -0.1) is 0 Å². The van der Waals surface area contributed by atoms with Crippen molar-refractivity contribution in [3.8, 4) is 0 Å². The van der Waals surface area contributed by atoms with E-state index in [9.17, 15) is 9.59 Å². The van der Waals surface area contributed by atoms with Crippen LogP contribution in [0, 0.1) is 0 Å². The molecule has 3 heterocycles. The number of carbonyl (C=O) groups excluding carboxylic acids is 2. The summed E-state index contributed by atoms with van der Waals surface area (Å²) in [4.78, 5) is 26.0. The number of hydrogen-bond acceptors (Lipinski definition) is 4. The number of carbonyl (C=O) groups is 2. The summed E-state index contributed by atoms with van der Waals surface area (Å²) >= 11 is 0. The molecule has 0 spiro atoms. The summed E-state index contributed by atoms with van der Waals surface area (Å²) < 4.78 is 12.1. The highest BCUT2D eigenvalue weighted by molar-refractivity contribution is 5.87. The Morgan fingerprint density at radius 1 is 1.25 bits per heavy atom. The van der Waals surface area contributed by atoms with Crippen molar-refractivity contribution < 1.29 is 18.7 Å². The lowest BCUT2D eigenvalue weighted by atomic mass is 10.0. The summed E-state index contributed by atoms with van der Waals surface area (Å²) in [6.07, 6.45) is 6.31. The number of piperidine rings is 1. The van der Waals surface area contributed by atoms with Crippen molar-refractivity contribution in [3.63, 3.8) is 0 Å². The van der Waals surface area contributed by atoms with Crippen molar-refractivity contribution in [2.24, 2.45) is 0 Å². The van der Waals surface area contributed by atoms with E-state index in [4.69, 9.17) is 9.15 Å². The van der Waals surface area contributed by atoms with E-state index >= 15 is 0 Å². The van der Waals surface area contributed by atoms with Gasteiger partial charge >= 0.3 is 5.97 Å². The molecule has 1 saturated heterocycles. The molecule has 1 fully saturated rings. The van der Waals surface area contributed by atoms with Crippen LogP contribution in [0.4, 0.5) is 0 Å². The molecular weight excluding hydrogens is 308 g/mol. The van der Waals surface area contributed by atoms with Crippen LogP contribution in [0.3, 0.4) is 0 Å². The molecule has 2 aromatic rings. The number of aromatic nitrogens is 1. The smallest absolute Gasteiger partial charge is 0.354 e. The molecule has 1 aliphatic rings. The Hall–Kier alpha value is -2.50. The molecule has 0 bridgehead atoms. The summed E-state index contributed by atoms with van der Waals surface area (Å²) in [6.45, 7) is 1.42. The number of aryl methyl sites for hydroxylation is 1. The number of likely N-dealkylation sites (tertiary alicyclic amines) is 1. The fourth-order valence-corrected chi connectivity index (χ4v) is 3.23. The maximum Gasteiger partial charge on any atom is 0.354 e. The lowest BCUT2D eigenvalue weighted by molar-refractivity contribution is -0.132. The van der Waals surface area contributed by atoms with Crippen LogP contribution in [0.5, 0.6) is 0 Å². The Morgan fingerprint density at radius 3 is 2.71 bits per heavy atom. The van der Waals surface area contributed by atoms with E-state index in [0.29, 0.717) is 31.6 Å². The predicted octanol–water partition coefficient (Wildman–Crippen LogP) is 2.66. The van der Waals surface area contributed by atoms with Crippen molar-refractivity contribution in [1.82, 2.24) is 9.47 Å². The SMILES string of the molecule is COC(=O)c1cccn1C1CCN(C(=O)CCc2ccco2)CC1. The van der Waals surface area contributed by atoms with Gasteiger partial charge in [0.05, 0.1) is 13.4 Å². The van der Waals surface area contributed by atoms with Gasteiger partial charge in [-0.3, -0.25) is 4.79 Å². The number of hydrogen-bond donors (Lipinski definition) is 0. The van der Waals surface area contributed by atoms with Crippen LogP contribution in [-0.4, -0.2) is 41.5 Å². The quantitative estimate of drug-likeness (QED) is 0.791. The molecule has 0 N–H and O–H groups in total. The Labute approximate surface area is 141 Å². The second-order valence-electron chi connectivity index (χ2n) is 5.98. The van der Waals surface area contributed by atoms with Gasteiger partial charge in [0.15, 0.2) is 0 Å². The number of amides is 1. The first-order valence-electron chi connectivity index (χ1n) is 8.24. The van der Waals surface area contributed by atoms with Crippen LogP contribution in [0.2, 0.25) is 0 Å². The zero-order chi connectivity index (χ0) is 16.9. The molecule has 0 aromatic carbocycles. The van der Waals surface area contributed by atoms with Crippen molar-refractivity contribution in [2.75, 3.05) is 20.2 Å². The van der Waals surface area contributed by atoms with Gasteiger partial charge in [0.2, 0.25) is 5.91 Å². The minimum Gasteiger partial charge on any atom is -0.469 e. The van der Waals surface area contributed by atoms with Crippen LogP contribution in [0.25, 0.3) is 0 Å². The monoisotopic (exact) mass is 330 g/mol. The molecule has 0 atom stereocenters. The lowest BCUT2D eigenvalue weighted by Gasteiger charge is -2.33. The molecule has 24 heavy (non-hydrogen) atoms. The van der Waals surface area contributed by atoms with Crippen molar-refractivity contribution >= 4 is 11.9 Å². The molecule has 0 unspecified atom stereocenters. The molecule has 1 aliphatic heterocycles. The first-order chi connectivity index (χ1) is 11.7. The Balaban J connectivity index is 1.53. The lowest BCUT2D eigenvalue weighted by Crippen LogP contribution is -2.39. The third kappa shape index (κ3) is 3.53. The number of esters is 1. The third-order valence-corrected chi connectivity index (χ3v) is 4.55. The molecule has 3 rings (SSSR count). The topological polar surface area (TPSA) is 64.7 Å². The molecule has 128 valence electrons. The molecule has 0 aliphatic carbocycles. The van der Waals surface area contributed by atoms with Crippen molar-refractivity contribution in [3.05, 3.63) is 48.2 Å². The fourth-order valence-electron chi connectivity index (χ4n) is 3.23. The maximum atomic E-state index is 12.3. The van der Waals surface area contributed by atoms with Crippen LogP contribution >= 0.6 is 0 Å². The summed E-state index contributed by atoms with van der Waals surface area (Å²) in [5, 5.41) is 0. The zero-order valence-corrected chi connectivity index (χ0v) is 13.8. The maximum absolute atomic E-state index is 12.3. The van der Waals surface area contributed by atoms with Gasteiger partial charge in [-0.1, -0.05) is 0 Å². The first-order valence-corrected chi connectivity index (χ1v) is 8.24. The largest absolute Gasteiger partial charge is 0.469 e. The van der Waals surface area contributed by atoms with E-state index < -0.39 is 0 Å². The Bertz CT molecular complexity index is 682. The second kappa shape index (κ2) is 7.38. The fraction of sp³-hybridized carbons (Fsp3) is 0.444. The molecule has 0 saturated carbocycles. The molecule has 1 amide bonds. The van der Waals surface area contributed by atoms with Gasteiger partial charge < -0.3 is 18.6 Å². The van der Waals surface area contributed by atoms with Crippen molar-refractivity contribution in [2.45, 2.75) is 31.7 Å². The van der Waals surface area contributed by atoms with E-state index in [2.05, 4.69) is 0 Å². The Kier molecular flexibility index (Phi) is 5.03. The van der Waals surface area contributed by atoms with Gasteiger partial charge in [-0.05, 0) is 37.1 Å². The van der Waals surface area contributed by atoms with Gasteiger partial charge in [0.1, 0.15) is 11.5 Å². The summed E-state index contributed by atoms with van der Waals surface area (Å²) in [5.74, 6) is 0.677. The van der Waals surface area contributed by atoms with Gasteiger partial charge in [-0.25, -0.2) is 4.79 Å². The highest BCUT2D eigenvalue weighted by atomic mass is 16.5. The van der Waals surface area contributed by atoms with Crippen LogP contribution in [0.15, 0.2) is 41.1 Å². The Morgan fingerprint density at radius 2 is 2.04 bits per heavy atom. The third-order valence-electron chi connectivity index (χ3n) is 4.55. The normalized spacial score (nSPS) is 15.5. The number of rotatable bonds is 5. The van der Waals surface area contributed by atoms with Crippen molar-refractivity contribution in [1.29, 1.82) is 0 Å². The minimum absolute atomic E-state index is 0.158. The van der Waals surface area contributed by atoms with Gasteiger partial charge in [0, 0.05) is 38.2 Å².